The zero-order valence-electron chi connectivity index (χ0n) is 9.69. The Hall–Kier alpha value is -1.90. The summed E-state index contributed by atoms with van der Waals surface area (Å²) in [7, 11) is 0. The van der Waals surface area contributed by atoms with Crippen LogP contribution in [0.15, 0.2) is 6.33 Å². The van der Waals surface area contributed by atoms with Crippen molar-refractivity contribution in [3.8, 4) is 6.07 Å². The average Bonchev–Trinajstić information content (AvgIpc) is 2.64. The van der Waals surface area contributed by atoms with Gasteiger partial charge in [-0.1, -0.05) is 6.92 Å². The molecule has 0 bridgehead atoms. The molecular formula is C10H15N5O. The van der Waals surface area contributed by atoms with Gasteiger partial charge in [-0.05, 0) is 20.3 Å². The molecule has 1 aromatic heterocycles. The normalized spacial score (nSPS) is 10.9. The van der Waals surface area contributed by atoms with Crippen molar-refractivity contribution >= 4 is 5.91 Å². The third kappa shape index (κ3) is 3.05. The van der Waals surface area contributed by atoms with Crippen LogP contribution in [0.25, 0.3) is 0 Å². The predicted molar refractivity (Wildman–Crippen MR) is 57.2 cm³/mol. The summed E-state index contributed by atoms with van der Waals surface area (Å²) >= 11 is 0. The minimum absolute atomic E-state index is 0.0688. The van der Waals surface area contributed by atoms with E-state index in [0.717, 1.165) is 6.42 Å². The number of nitriles is 1. The minimum Gasteiger partial charge on any atom is -0.350 e. The topological polar surface area (TPSA) is 83.6 Å². The highest BCUT2D eigenvalue weighted by Crippen LogP contribution is 2.06. The molecule has 0 spiro atoms. The molecule has 0 aromatic carbocycles. The summed E-state index contributed by atoms with van der Waals surface area (Å²) in [4.78, 5) is 11.7. The van der Waals surface area contributed by atoms with E-state index in [1.54, 1.807) is 0 Å². The largest absolute Gasteiger partial charge is 0.350 e. The summed E-state index contributed by atoms with van der Waals surface area (Å²) in [6, 6.07) is 1.87. The van der Waals surface area contributed by atoms with Gasteiger partial charge in [-0.15, -0.1) is 10.2 Å². The van der Waals surface area contributed by atoms with E-state index in [2.05, 4.69) is 15.5 Å². The molecule has 6 heteroatoms. The number of carbonyl (C=O) groups is 1. The molecule has 1 rings (SSSR count). The monoisotopic (exact) mass is 221 g/mol. The van der Waals surface area contributed by atoms with E-state index in [1.165, 1.54) is 10.9 Å². The lowest BCUT2D eigenvalue weighted by Crippen LogP contribution is -2.44. The molecule has 0 atom stereocenters. The van der Waals surface area contributed by atoms with Gasteiger partial charge >= 0.3 is 0 Å². The van der Waals surface area contributed by atoms with Crippen LogP contribution in [-0.2, 0) is 11.3 Å². The second-order valence-electron chi connectivity index (χ2n) is 4.18. The Labute approximate surface area is 94.3 Å². The quantitative estimate of drug-likeness (QED) is 0.800. The number of hydrogen-bond donors (Lipinski definition) is 1. The van der Waals surface area contributed by atoms with Gasteiger partial charge in [0.1, 0.15) is 18.9 Å². The maximum atomic E-state index is 11.7. The average molecular weight is 221 g/mol. The summed E-state index contributed by atoms with van der Waals surface area (Å²) in [5.74, 6) is -0.00685. The molecule has 86 valence electrons. The molecule has 1 aromatic rings. The lowest BCUT2D eigenvalue weighted by molar-refractivity contribution is -0.123. The molecule has 0 saturated carbocycles. The summed E-state index contributed by atoms with van der Waals surface area (Å²) < 4.78 is 1.42. The Morgan fingerprint density at radius 3 is 2.94 bits per heavy atom. The SMILES string of the molecule is CCC(C)(C)NC(=O)Cn1cnnc1C#N. The summed E-state index contributed by atoms with van der Waals surface area (Å²) in [6.45, 7) is 5.96. The van der Waals surface area contributed by atoms with Crippen molar-refractivity contribution in [2.75, 3.05) is 0 Å². The third-order valence-electron chi connectivity index (χ3n) is 2.39. The Balaban J connectivity index is 2.63. The molecule has 1 amide bonds. The fourth-order valence-corrected chi connectivity index (χ4v) is 1.12. The molecule has 0 aliphatic heterocycles. The fraction of sp³-hybridized carbons (Fsp3) is 0.600. The Morgan fingerprint density at radius 1 is 1.69 bits per heavy atom. The van der Waals surface area contributed by atoms with Gasteiger partial charge in [-0.25, -0.2) is 0 Å². The van der Waals surface area contributed by atoms with Gasteiger partial charge in [-0.2, -0.15) is 5.26 Å². The number of aromatic nitrogens is 3. The van der Waals surface area contributed by atoms with E-state index in [0.29, 0.717) is 0 Å². The van der Waals surface area contributed by atoms with Crippen LogP contribution in [0.5, 0.6) is 0 Å². The number of hydrogen-bond acceptors (Lipinski definition) is 4. The van der Waals surface area contributed by atoms with Crippen molar-refractivity contribution in [2.24, 2.45) is 0 Å². The number of carbonyl (C=O) groups excluding carboxylic acids is 1. The zero-order chi connectivity index (χ0) is 12.2. The van der Waals surface area contributed by atoms with Crippen molar-refractivity contribution < 1.29 is 4.79 Å². The van der Waals surface area contributed by atoms with Gasteiger partial charge in [0, 0.05) is 5.54 Å². The van der Waals surface area contributed by atoms with Crippen LogP contribution in [0.1, 0.15) is 33.0 Å². The first-order chi connectivity index (χ1) is 7.48. The number of amides is 1. The third-order valence-corrected chi connectivity index (χ3v) is 2.39. The first kappa shape index (κ1) is 12.2. The van der Waals surface area contributed by atoms with E-state index in [9.17, 15) is 4.79 Å². The Bertz CT molecular complexity index is 415. The Morgan fingerprint density at radius 2 is 2.38 bits per heavy atom. The van der Waals surface area contributed by atoms with E-state index in [1.807, 2.05) is 26.8 Å². The van der Waals surface area contributed by atoms with Crippen molar-refractivity contribution in [3.63, 3.8) is 0 Å². The minimum atomic E-state index is -0.238. The van der Waals surface area contributed by atoms with Gasteiger partial charge in [0.05, 0.1) is 0 Å². The highest BCUT2D eigenvalue weighted by atomic mass is 16.2. The summed E-state index contributed by atoms with van der Waals surface area (Å²) in [6.07, 6.45) is 2.21. The second-order valence-corrected chi connectivity index (χ2v) is 4.18. The van der Waals surface area contributed by atoms with Gasteiger partial charge in [0.15, 0.2) is 0 Å². The maximum absolute atomic E-state index is 11.7. The standard InChI is InChI=1S/C10H15N5O/c1-4-10(2,3)13-9(16)6-15-7-12-14-8(15)5-11/h7H,4,6H2,1-3H3,(H,13,16). The molecule has 0 radical (unpaired) electrons. The molecule has 1 heterocycles. The molecule has 0 saturated heterocycles. The number of nitrogens with one attached hydrogen (secondary N) is 1. The highest BCUT2D eigenvalue weighted by Gasteiger charge is 2.18. The predicted octanol–water partition coefficient (Wildman–Crippen LogP) is 0.455. The lowest BCUT2D eigenvalue weighted by atomic mass is 10.0. The van der Waals surface area contributed by atoms with Gasteiger partial charge in [0.2, 0.25) is 11.7 Å². The first-order valence-electron chi connectivity index (χ1n) is 5.07. The van der Waals surface area contributed by atoms with Crippen LogP contribution in [0.3, 0.4) is 0 Å². The molecule has 16 heavy (non-hydrogen) atoms. The van der Waals surface area contributed by atoms with Gasteiger partial charge in [-0.3, -0.25) is 9.36 Å². The van der Waals surface area contributed by atoms with E-state index >= 15 is 0 Å². The van der Waals surface area contributed by atoms with Crippen molar-refractivity contribution in [2.45, 2.75) is 39.3 Å². The molecule has 0 fully saturated rings. The molecule has 6 nitrogen and oxygen atoms in total. The van der Waals surface area contributed by atoms with Crippen LogP contribution >= 0.6 is 0 Å². The number of nitrogens with zero attached hydrogens (tertiary/aromatic N) is 4. The molecular weight excluding hydrogens is 206 g/mol. The zero-order valence-corrected chi connectivity index (χ0v) is 9.69. The maximum Gasteiger partial charge on any atom is 0.240 e. The van der Waals surface area contributed by atoms with Gasteiger partial charge < -0.3 is 5.32 Å². The van der Waals surface area contributed by atoms with Crippen molar-refractivity contribution in [3.05, 3.63) is 12.2 Å². The first-order valence-corrected chi connectivity index (χ1v) is 5.07. The van der Waals surface area contributed by atoms with Gasteiger partial charge in [0.25, 0.3) is 0 Å². The summed E-state index contributed by atoms with van der Waals surface area (Å²) in [5.41, 5.74) is -0.238. The van der Waals surface area contributed by atoms with Crippen LogP contribution < -0.4 is 5.32 Å². The van der Waals surface area contributed by atoms with Crippen molar-refractivity contribution in [1.82, 2.24) is 20.1 Å². The van der Waals surface area contributed by atoms with E-state index in [4.69, 9.17) is 5.26 Å². The smallest absolute Gasteiger partial charge is 0.240 e. The second kappa shape index (κ2) is 4.75. The van der Waals surface area contributed by atoms with Crippen molar-refractivity contribution in [1.29, 1.82) is 5.26 Å². The molecule has 0 aliphatic carbocycles. The van der Waals surface area contributed by atoms with Crippen LogP contribution in [0, 0.1) is 11.3 Å². The Kier molecular flexibility index (Phi) is 3.61. The number of rotatable bonds is 4. The van der Waals surface area contributed by atoms with E-state index < -0.39 is 0 Å². The van der Waals surface area contributed by atoms with Crippen LogP contribution in [0.4, 0.5) is 0 Å². The van der Waals surface area contributed by atoms with Crippen LogP contribution in [0.2, 0.25) is 0 Å². The highest BCUT2D eigenvalue weighted by molar-refractivity contribution is 5.76. The lowest BCUT2D eigenvalue weighted by Gasteiger charge is -2.24. The van der Waals surface area contributed by atoms with E-state index in [-0.39, 0.29) is 23.8 Å². The van der Waals surface area contributed by atoms with Crippen LogP contribution in [-0.4, -0.2) is 26.2 Å². The molecule has 0 aliphatic rings. The molecule has 0 unspecified atom stereocenters. The summed E-state index contributed by atoms with van der Waals surface area (Å²) in [5, 5.41) is 18.7. The molecule has 1 N–H and O–H groups in total. The fourth-order valence-electron chi connectivity index (χ4n) is 1.12.